The number of hydrogen-bond donors (Lipinski definition) is 2. The average molecular weight is 568 g/mol. The summed E-state index contributed by atoms with van der Waals surface area (Å²) in [4.78, 5) is 39.7. The van der Waals surface area contributed by atoms with Crippen LogP contribution in [0.25, 0.3) is 0 Å². The van der Waals surface area contributed by atoms with E-state index in [2.05, 4.69) is 10.6 Å². The molecule has 0 radical (unpaired) electrons. The zero-order chi connectivity index (χ0) is 30.0. The molecule has 0 bridgehead atoms. The molecule has 9 heteroatoms. The van der Waals surface area contributed by atoms with Crippen LogP contribution in [0.1, 0.15) is 59.1 Å². The molecule has 9 nitrogen and oxygen atoms in total. The SMILES string of the molecule is CC(C)(C)OC(=O)[C@@H](Cc1cccc(NCCNC(=O)OCc2ccccc2)c1)[C@H]1CCN(C(=O)OC(C)(C)C)C1. The van der Waals surface area contributed by atoms with Crippen LogP contribution >= 0.6 is 0 Å². The first kappa shape index (κ1) is 31.8. The molecule has 2 aromatic rings. The van der Waals surface area contributed by atoms with Crippen molar-refractivity contribution in [2.45, 2.75) is 72.2 Å². The molecule has 41 heavy (non-hydrogen) atoms. The Morgan fingerprint density at radius 1 is 0.902 bits per heavy atom. The first-order valence-corrected chi connectivity index (χ1v) is 14.3. The summed E-state index contributed by atoms with van der Waals surface area (Å²) in [5.74, 6) is -0.705. The van der Waals surface area contributed by atoms with Crippen LogP contribution in [0, 0.1) is 11.8 Å². The molecule has 0 aromatic heterocycles. The van der Waals surface area contributed by atoms with Crippen LogP contribution in [0.4, 0.5) is 15.3 Å². The third-order valence-corrected chi connectivity index (χ3v) is 6.47. The maximum absolute atomic E-state index is 13.3. The number of nitrogens with zero attached hydrogens (tertiary/aromatic N) is 1. The maximum atomic E-state index is 13.3. The van der Waals surface area contributed by atoms with E-state index in [9.17, 15) is 14.4 Å². The minimum Gasteiger partial charge on any atom is -0.460 e. The van der Waals surface area contributed by atoms with Crippen LogP contribution < -0.4 is 10.6 Å². The predicted molar refractivity (Wildman–Crippen MR) is 159 cm³/mol. The van der Waals surface area contributed by atoms with Crippen LogP contribution in [0.5, 0.6) is 0 Å². The van der Waals surface area contributed by atoms with E-state index in [4.69, 9.17) is 14.2 Å². The lowest BCUT2D eigenvalue weighted by atomic mass is 9.86. The molecule has 1 aliphatic heterocycles. The lowest BCUT2D eigenvalue weighted by Gasteiger charge is -2.28. The van der Waals surface area contributed by atoms with E-state index in [0.717, 1.165) is 16.8 Å². The molecule has 0 unspecified atom stereocenters. The molecule has 0 spiro atoms. The van der Waals surface area contributed by atoms with Gasteiger partial charge in [-0.3, -0.25) is 4.79 Å². The summed E-state index contributed by atoms with van der Waals surface area (Å²) >= 11 is 0. The van der Waals surface area contributed by atoms with E-state index in [1.807, 2.05) is 96.1 Å². The van der Waals surface area contributed by atoms with Gasteiger partial charge in [0.2, 0.25) is 0 Å². The van der Waals surface area contributed by atoms with Gasteiger partial charge in [-0.15, -0.1) is 0 Å². The van der Waals surface area contributed by atoms with E-state index >= 15 is 0 Å². The topological polar surface area (TPSA) is 106 Å². The fourth-order valence-electron chi connectivity index (χ4n) is 4.64. The maximum Gasteiger partial charge on any atom is 0.410 e. The standard InChI is InChI=1S/C32H45N3O6/c1-31(2,3)40-28(36)27(25-15-18-35(21-25)30(38)41-32(4,5)6)20-24-13-10-14-26(19-24)33-16-17-34-29(37)39-22-23-11-8-7-9-12-23/h7-14,19,25,27,33H,15-18,20-22H2,1-6H3,(H,34,37)/t25-,27-/m0/s1. The van der Waals surface area contributed by atoms with E-state index in [-0.39, 0.29) is 24.6 Å². The van der Waals surface area contributed by atoms with Gasteiger partial charge in [-0.05, 0) is 83.6 Å². The van der Waals surface area contributed by atoms with Gasteiger partial charge >= 0.3 is 18.2 Å². The summed E-state index contributed by atoms with van der Waals surface area (Å²) in [6.07, 6.45) is 0.363. The second-order valence-corrected chi connectivity index (χ2v) is 12.4. The van der Waals surface area contributed by atoms with Crippen molar-refractivity contribution in [1.29, 1.82) is 0 Å². The van der Waals surface area contributed by atoms with Gasteiger partial charge in [0.15, 0.2) is 0 Å². The molecule has 2 N–H and O–H groups in total. The lowest BCUT2D eigenvalue weighted by molar-refractivity contribution is -0.161. The molecule has 1 fully saturated rings. The Labute approximate surface area is 243 Å². The van der Waals surface area contributed by atoms with Crippen molar-refractivity contribution in [3.63, 3.8) is 0 Å². The van der Waals surface area contributed by atoms with E-state index in [1.54, 1.807) is 4.90 Å². The third kappa shape index (κ3) is 11.3. The normalized spacial score (nSPS) is 16.0. The van der Waals surface area contributed by atoms with Gasteiger partial charge in [0.05, 0.1) is 5.92 Å². The summed E-state index contributed by atoms with van der Waals surface area (Å²) in [5.41, 5.74) is 1.60. The number of benzene rings is 2. The predicted octanol–water partition coefficient (Wildman–Crippen LogP) is 5.78. The minimum absolute atomic E-state index is 0.0416. The molecule has 1 saturated heterocycles. The molecule has 3 rings (SSSR count). The Kier molecular flexibility index (Phi) is 11.0. The highest BCUT2D eigenvalue weighted by atomic mass is 16.6. The van der Waals surface area contributed by atoms with Gasteiger partial charge in [-0.2, -0.15) is 0 Å². The number of anilines is 1. The lowest BCUT2D eigenvalue weighted by Crippen LogP contribution is -2.38. The van der Waals surface area contributed by atoms with E-state index in [1.165, 1.54) is 0 Å². The van der Waals surface area contributed by atoms with Crippen LogP contribution in [0.2, 0.25) is 0 Å². The molecule has 1 aliphatic rings. The van der Waals surface area contributed by atoms with E-state index in [0.29, 0.717) is 39.0 Å². The number of rotatable bonds is 10. The summed E-state index contributed by atoms with van der Waals surface area (Å²) in [6.45, 7) is 13.2. The molecule has 1 heterocycles. The monoisotopic (exact) mass is 567 g/mol. The van der Waals surface area contributed by atoms with Crippen molar-refractivity contribution in [3.8, 4) is 0 Å². The summed E-state index contributed by atoms with van der Waals surface area (Å²) < 4.78 is 16.6. The highest BCUT2D eigenvalue weighted by Crippen LogP contribution is 2.31. The number of alkyl carbamates (subject to hydrolysis) is 1. The van der Waals surface area contributed by atoms with Crippen LogP contribution in [-0.2, 0) is 32.0 Å². The van der Waals surface area contributed by atoms with Crippen LogP contribution in [-0.4, -0.2) is 60.4 Å². The highest BCUT2D eigenvalue weighted by molar-refractivity contribution is 5.74. The summed E-state index contributed by atoms with van der Waals surface area (Å²) in [6, 6.07) is 17.4. The van der Waals surface area contributed by atoms with Gasteiger partial charge in [0.25, 0.3) is 0 Å². The molecule has 0 saturated carbocycles. The van der Waals surface area contributed by atoms with E-state index < -0.39 is 23.2 Å². The zero-order valence-corrected chi connectivity index (χ0v) is 25.2. The Bertz CT molecular complexity index is 1160. The van der Waals surface area contributed by atoms with Gasteiger partial charge < -0.3 is 29.7 Å². The van der Waals surface area contributed by atoms with Crippen molar-refractivity contribution >= 4 is 23.8 Å². The molecular weight excluding hydrogens is 522 g/mol. The molecule has 2 atom stereocenters. The van der Waals surface area contributed by atoms with Crippen molar-refractivity contribution in [3.05, 3.63) is 65.7 Å². The fraction of sp³-hybridized carbons (Fsp3) is 0.531. The van der Waals surface area contributed by atoms with Gasteiger partial charge in [0, 0.05) is 31.9 Å². The molecule has 2 amide bonds. The number of likely N-dealkylation sites (tertiary alicyclic amines) is 1. The second kappa shape index (κ2) is 14.2. The average Bonchev–Trinajstić information content (AvgIpc) is 3.38. The molecule has 224 valence electrons. The van der Waals surface area contributed by atoms with Crippen molar-refractivity contribution < 1.29 is 28.6 Å². The number of nitrogens with one attached hydrogen (secondary N) is 2. The number of hydrogen-bond acceptors (Lipinski definition) is 7. The Balaban J connectivity index is 1.56. The van der Waals surface area contributed by atoms with Gasteiger partial charge in [-0.25, -0.2) is 9.59 Å². The number of amides is 2. The minimum atomic E-state index is -0.614. The quantitative estimate of drug-likeness (QED) is 0.213. The Morgan fingerprint density at radius 3 is 2.27 bits per heavy atom. The van der Waals surface area contributed by atoms with Crippen LogP contribution in [0.3, 0.4) is 0 Å². The Morgan fingerprint density at radius 2 is 1.59 bits per heavy atom. The third-order valence-electron chi connectivity index (χ3n) is 6.47. The van der Waals surface area contributed by atoms with Gasteiger partial charge in [0.1, 0.15) is 17.8 Å². The smallest absolute Gasteiger partial charge is 0.410 e. The molecule has 0 aliphatic carbocycles. The summed E-state index contributed by atoms with van der Waals surface area (Å²) in [5, 5.41) is 6.06. The fourth-order valence-corrected chi connectivity index (χ4v) is 4.64. The van der Waals surface area contributed by atoms with Gasteiger partial charge in [-0.1, -0.05) is 42.5 Å². The van der Waals surface area contributed by atoms with Crippen molar-refractivity contribution in [2.75, 3.05) is 31.5 Å². The van der Waals surface area contributed by atoms with Crippen molar-refractivity contribution in [2.24, 2.45) is 11.8 Å². The number of carbonyl (C=O) groups excluding carboxylic acids is 3. The first-order valence-electron chi connectivity index (χ1n) is 14.3. The number of esters is 1. The largest absolute Gasteiger partial charge is 0.460 e. The number of ether oxygens (including phenoxy) is 3. The first-order chi connectivity index (χ1) is 19.3. The zero-order valence-electron chi connectivity index (χ0n) is 25.2. The highest BCUT2D eigenvalue weighted by Gasteiger charge is 2.39. The second-order valence-electron chi connectivity index (χ2n) is 12.4. The molecule has 2 aromatic carbocycles. The summed E-state index contributed by atoms with van der Waals surface area (Å²) in [7, 11) is 0. The molecular formula is C32H45N3O6. The number of carbonyl (C=O) groups is 3. The van der Waals surface area contributed by atoms with Crippen molar-refractivity contribution in [1.82, 2.24) is 10.2 Å². The Hall–Kier alpha value is -3.75. The van der Waals surface area contributed by atoms with Crippen LogP contribution in [0.15, 0.2) is 54.6 Å².